The molecule has 0 aliphatic carbocycles. The number of hydrogen-bond acceptors (Lipinski definition) is 5. The van der Waals surface area contributed by atoms with E-state index in [4.69, 9.17) is 26.8 Å². The van der Waals surface area contributed by atoms with Crippen molar-refractivity contribution in [2.24, 2.45) is 5.73 Å². The van der Waals surface area contributed by atoms with E-state index in [1.807, 2.05) is 0 Å². The summed E-state index contributed by atoms with van der Waals surface area (Å²) >= 11 is 7.00. The Labute approximate surface area is 125 Å². The van der Waals surface area contributed by atoms with Crippen molar-refractivity contribution in [2.45, 2.75) is 18.6 Å². The first-order valence-corrected chi connectivity index (χ1v) is 7.29. The molecule has 2 amide bonds. The smallest absolute Gasteiger partial charge is 0.261 e. The van der Waals surface area contributed by atoms with Gasteiger partial charge in [-0.1, -0.05) is 11.6 Å². The average Bonchev–Trinajstić information content (AvgIpc) is 2.84. The van der Waals surface area contributed by atoms with Crippen LogP contribution in [0.1, 0.15) is 16.1 Å². The van der Waals surface area contributed by atoms with Gasteiger partial charge < -0.3 is 20.5 Å². The van der Waals surface area contributed by atoms with Crippen LogP contribution in [0.25, 0.3) is 0 Å². The highest BCUT2D eigenvalue weighted by Crippen LogP contribution is 2.22. The summed E-state index contributed by atoms with van der Waals surface area (Å²) in [6, 6.07) is 3.02. The third kappa shape index (κ3) is 4.17. The lowest BCUT2D eigenvalue weighted by molar-refractivity contribution is -0.128. The number of nitrogens with one attached hydrogen (secondary N) is 1. The molecule has 0 saturated carbocycles. The van der Waals surface area contributed by atoms with Gasteiger partial charge in [0.05, 0.1) is 28.0 Å². The van der Waals surface area contributed by atoms with Gasteiger partial charge in [0.1, 0.15) is 6.61 Å². The summed E-state index contributed by atoms with van der Waals surface area (Å²) in [6.07, 6.45) is 0.319. The number of ether oxygens (including phenoxy) is 2. The first kappa shape index (κ1) is 15.2. The molecule has 2 rings (SSSR count). The van der Waals surface area contributed by atoms with Crippen molar-refractivity contribution in [3.63, 3.8) is 0 Å². The van der Waals surface area contributed by atoms with Gasteiger partial charge in [0.25, 0.3) is 5.91 Å². The van der Waals surface area contributed by atoms with E-state index in [1.165, 1.54) is 11.3 Å². The second-order valence-corrected chi connectivity index (χ2v) is 6.08. The molecule has 0 unspecified atom stereocenters. The van der Waals surface area contributed by atoms with E-state index in [-0.39, 0.29) is 24.7 Å². The monoisotopic (exact) mass is 318 g/mol. The average molecular weight is 319 g/mol. The zero-order valence-electron chi connectivity index (χ0n) is 10.6. The Morgan fingerprint density at radius 1 is 1.55 bits per heavy atom. The molecule has 0 aromatic carbocycles. The number of hydrogen-bond donors (Lipinski definition) is 2. The summed E-state index contributed by atoms with van der Waals surface area (Å²) in [5, 5.41) is 2.83. The van der Waals surface area contributed by atoms with E-state index in [1.54, 1.807) is 12.1 Å². The first-order valence-electron chi connectivity index (χ1n) is 6.10. The molecule has 20 heavy (non-hydrogen) atoms. The zero-order valence-corrected chi connectivity index (χ0v) is 12.2. The normalized spacial score (nSPS) is 22.4. The molecule has 1 fully saturated rings. The van der Waals surface area contributed by atoms with Crippen molar-refractivity contribution < 1.29 is 19.1 Å². The number of carbonyl (C=O) groups excluding carboxylic acids is 2. The lowest BCUT2D eigenvalue weighted by Crippen LogP contribution is -2.51. The number of primary amides is 1. The fourth-order valence-corrected chi connectivity index (χ4v) is 2.86. The van der Waals surface area contributed by atoms with E-state index in [9.17, 15) is 9.59 Å². The van der Waals surface area contributed by atoms with E-state index in [2.05, 4.69) is 5.32 Å². The molecular formula is C12H15ClN2O4S. The Kier molecular flexibility index (Phi) is 5.36. The molecule has 6 nitrogen and oxygen atoms in total. The fraction of sp³-hybridized carbons (Fsp3) is 0.500. The van der Waals surface area contributed by atoms with Crippen molar-refractivity contribution in [3.8, 4) is 0 Å². The number of amides is 2. The molecule has 3 N–H and O–H groups in total. The van der Waals surface area contributed by atoms with Crippen LogP contribution in [0.15, 0.2) is 12.1 Å². The fourth-order valence-electron chi connectivity index (χ4n) is 1.92. The minimum atomic E-state index is -0.536. The van der Waals surface area contributed by atoms with Crippen LogP contribution < -0.4 is 11.1 Å². The summed E-state index contributed by atoms with van der Waals surface area (Å²) in [4.78, 5) is 23.3. The quantitative estimate of drug-likeness (QED) is 0.840. The highest BCUT2D eigenvalue weighted by atomic mass is 35.5. The Morgan fingerprint density at radius 2 is 2.35 bits per heavy atom. The molecule has 110 valence electrons. The molecule has 1 saturated heterocycles. The van der Waals surface area contributed by atoms with Gasteiger partial charge in [-0.3, -0.25) is 9.59 Å². The largest absolute Gasteiger partial charge is 0.379 e. The third-order valence-electron chi connectivity index (χ3n) is 2.85. The predicted molar refractivity (Wildman–Crippen MR) is 75.0 cm³/mol. The van der Waals surface area contributed by atoms with Crippen molar-refractivity contribution in [1.82, 2.24) is 5.32 Å². The minimum absolute atomic E-state index is 0.165. The van der Waals surface area contributed by atoms with Gasteiger partial charge in [0.2, 0.25) is 5.91 Å². The van der Waals surface area contributed by atoms with Crippen LogP contribution in [-0.4, -0.2) is 43.8 Å². The number of carbonyl (C=O) groups is 2. The van der Waals surface area contributed by atoms with E-state index in [0.717, 1.165) is 0 Å². The van der Waals surface area contributed by atoms with Crippen molar-refractivity contribution in [1.29, 1.82) is 0 Å². The second-order valence-electron chi connectivity index (χ2n) is 4.36. The highest BCUT2D eigenvalue weighted by Gasteiger charge is 2.29. The van der Waals surface area contributed by atoms with Crippen molar-refractivity contribution >= 4 is 34.8 Å². The van der Waals surface area contributed by atoms with Crippen LogP contribution in [0.4, 0.5) is 0 Å². The minimum Gasteiger partial charge on any atom is -0.379 e. The molecule has 0 bridgehead atoms. The molecule has 2 atom stereocenters. The topological polar surface area (TPSA) is 90.7 Å². The number of nitrogens with two attached hydrogens (primary N) is 1. The van der Waals surface area contributed by atoms with Gasteiger partial charge in [-0.15, -0.1) is 11.3 Å². The zero-order chi connectivity index (χ0) is 14.5. The molecule has 8 heteroatoms. The van der Waals surface area contributed by atoms with Gasteiger partial charge in [0, 0.05) is 6.61 Å². The van der Waals surface area contributed by atoms with Crippen LogP contribution in [0.2, 0.25) is 4.34 Å². The molecule has 1 aromatic heterocycles. The maximum absolute atomic E-state index is 12.0. The molecular weight excluding hydrogens is 304 g/mol. The Hall–Kier alpha value is -1.15. The summed E-state index contributed by atoms with van der Waals surface area (Å²) in [5.74, 6) is -0.767. The van der Waals surface area contributed by atoms with E-state index >= 15 is 0 Å². The number of rotatable bonds is 5. The Balaban J connectivity index is 1.94. The molecule has 0 spiro atoms. The molecule has 0 radical (unpaired) electrons. The molecule has 1 aliphatic rings. The summed E-state index contributed by atoms with van der Waals surface area (Å²) in [5.41, 5.74) is 5.05. The molecule has 1 aromatic rings. The van der Waals surface area contributed by atoms with Crippen LogP contribution in [0.5, 0.6) is 0 Å². The summed E-state index contributed by atoms with van der Waals surface area (Å²) in [6.45, 7) is 0.705. The van der Waals surface area contributed by atoms with Crippen LogP contribution in [-0.2, 0) is 14.3 Å². The highest BCUT2D eigenvalue weighted by molar-refractivity contribution is 7.17. The lowest BCUT2D eigenvalue weighted by Gasteiger charge is -2.31. The molecule has 1 aliphatic heterocycles. The van der Waals surface area contributed by atoms with Gasteiger partial charge in [-0.2, -0.15) is 0 Å². The molecule has 2 heterocycles. The number of halogens is 1. The lowest BCUT2D eigenvalue weighted by atomic mass is 10.1. The summed E-state index contributed by atoms with van der Waals surface area (Å²) in [7, 11) is 0. The van der Waals surface area contributed by atoms with Gasteiger partial charge in [-0.05, 0) is 18.6 Å². The van der Waals surface area contributed by atoms with Gasteiger partial charge >= 0.3 is 0 Å². The van der Waals surface area contributed by atoms with Crippen molar-refractivity contribution in [2.75, 3.05) is 19.8 Å². The SMILES string of the molecule is NC(=O)CO[C@@H]1CCOC[C@@H]1NC(=O)c1ccc(Cl)s1. The van der Waals surface area contributed by atoms with Gasteiger partial charge in [0.15, 0.2) is 0 Å². The Bertz CT molecular complexity index is 494. The van der Waals surface area contributed by atoms with Crippen LogP contribution in [0.3, 0.4) is 0 Å². The maximum atomic E-state index is 12.0. The Morgan fingerprint density at radius 3 is 3.00 bits per heavy atom. The number of thiophene rings is 1. The maximum Gasteiger partial charge on any atom is 0.261 e. The second kappa shape index (κ2) is 7.03. The van der Waals surface area contributed by atoms with Crippen molar-refractivity contribution in [3.05, 3.63) is 21.3 Å². The van der Waals surface area contributed by atoms with E-state index in [0.29, 0.717) is 28.8 Å². The summed E-state index contributed by atoms with van der Waals surface area (Å²) < 4.78 is 11.3. The van der Waals surface area contributed by atoms with Crippen LogP contribution in [0, 0.1) is 0 Å². The third-order valence-corrected chi connectivity index (χ3v) is 4.08. The standard InChI is InChI=1S/C12H15ClN2O4S/c13-10-2-1-9(20-10)12(17)15-7-5-18-4-3-8(7)19-6-11(14)16/h1-2,7-8H,3-6H2,(H2,14,16)(H,15,17)/t7-,8+/m0/s1. The first-order chi connectivity index (χ1) is 9.56. The predicted octanol–water partition coefficient (Wildman–Crippen LogP) is 0.791. The van der Waals surface area contributed by atoms with E-state index < -0.39 is 5.91 Å². The van der Waals surface area contributed by atoms with Crippen LogP contribution >= 0.6 is 22.9 Å². The van der Waals surface area contributed by atoms with Gasteiger partial charge in [-0.25, -0.2) is 0 Å².